The molecule has 0 aliphatic rings. The number of sulfonamides is 1. The summed E-state index contributed by atoms with van der Waals surface area (Å²) in [5.74, 6) is 0. The smallest absolute Gasteiger partial charge is 0.265 e. The predicted octanol–water partition coefficient (Wildman–Crippen LogP) is 3.92. The lowest BCUT2D eigenvalue weighted by Gasteiger charge is -2.13. The maximum atomic E-state index is 12.4. The van der Waals surface area contributed by atoms with Crippen LogP contribution in [-0.4, -0.2) is 13.4 Å². The number of hydrogen-bond donors (Lipinski definition) is 1. The number of nitrogens with zero attached hydrogens (tertiary/aromatic N) is 1. The van der Waals surface area contributed by atoms with Gasteiger partial charge in [0, 0.05) is 10.7 Å². The van der Waals surface area contributed by atoms with E-state index in [4.69, 9.17) is 11.6 Å². The zero-order valence-corrected chi connectivity index (χ0v) is 14.0. The van der Waals surface area contributed by atoms with Gasteiger partial charge in [0.05, 0.1) is 5.69 Å². The van der Waals surface area contributed by atoms with Crippen molar-refractivity contribution in [1.82, 2.24) is 4.98 Å². The highest BCUT2D eigenvalue weighted by Gasteiger charge is 2.21. The van der Waals surface area contributed by atoms with Crippen LogP contribution in [-0.2, 0) is 10.0 Å². The van der Waals surface area contributed by atoms with Crippen LogP contribution in [0.4, 0.5) is 5.69 Å². The predicted molar refractivity (Wildman–Crippen MR) is 83.7 cm³/mol. The number of hydrogen-bond acceptors (Lipinski definition) is 3. The van der Waals surface area contributed by atoms with Gasteiger partial charge in [-0.25, -0.2) is 13.4 Å². The van der Waals surface area contributed by atoms with Crippen molar-refractivity contribution in [2.45, 2.75) is 18.7 Å². The Kier molecular flexibility index (Phi) is 4.36. The minimum Gasteiger partial charge on any atom is -0.279 e. The maximum absolute atomic E-state index is 12.4. The molecular weight excluding hydrogens is 364 g/mol. The first kappa shape index (κ1) is 15.3. The number of aryl methyl sites for hydroxylation is 2. The van der Waals surface area contributed by atoms with E-state index in [9.17, 15) is 8.42 Å². The molecule has 0 unspecified atom stereocenters. The van der Waals surface area contributed by atoms with Gasteiger partial charge < -0.3 is 0 Å². The SMILES string of the molecule is Cc1cccc(C)c1NS(=O)(=O)c1cc(Br)cnc1Cl. The van der Waals surface area contributed by atoms with Gasteiger partial charge in [-0.1, -0.05) is 29.8 Å². The van der Waals surface area contributed by atoms with Crippen molar-refractivity contribution >= 4 is 43.2 Å². The second kappa shape index (κ2) is 5.71. The third-order valence-electron chi connectivity index (χ3n) is 2.78. The number of anilines is 1. The average molecular weight is 376 g/mol. The van der Waals surface area contributed by atoms with Crippen LogP contribution < -0.4 is 4.72 Å². The summed E-state index contributed by atoms with van der Waals surface area (Å²) < 4.78 is 28.0. The zero-order chi connectivity index (χ0) is 14.9. The monoisotopic (exact) mass is 374 g/mol. The molecule has 0 saturated heterocycles. The lowest BCUT2D eigenvalue weighted by atomic mass is 10.1. The van der Waals surface area contributed by atoms with Crippen LogP contribution in [0.15, 0.2) is 39.8 Å². The molecule has 1 heterocycles. The molecule has 0 atom stereocenters. The van der Waals surface area contributed by atoms with E-state index in [0.29, 0.717) is 10.2 Å². The summed E-state index contributed by atoms with van der Waals surface area (Å²) in [6.45, 7) is 3.68. The molecule has 0 saturated carbocycles. The second-order valence-corrected chi connectivity index (χ2v) is 7.24. The summed E-state index contributed by atoms with van der Waals surface area (Å²) in [6, 6.07) is 6.97. The van der Waals surface area contributed by atoms with Crippen LogP contribution in [0.25, 0.3) is 0 Å². The Labute approximate surface area is 131 Å². The van der Waals surface area contributed by atoms with E-state index in [1.807, 2.05) is 32.0 Å². The molecule has 1 N–H and O–H groups in total. The molecule has 2 rings (SSSR count). The quantitative estimate of drug-likeness (QED) is 0.827. The van der Waals surface area contributed by atoms with Gasteiger partial charge in [-0.05, 0) is 47.0 Å². The van der Waals surface area contributed by atoms with Crippen molar-refractivity contribution in [2.75, 3.05) is 4.72 Å². The van der Waals surface area contributed by atoms with Crippen LogP contribution >= 0.6 is 27.5 Å². The van der Waals surface area contributed by atoms with Crippen molar-refractivity contribution in [3.05, 3.63) is 51.2 Å². The molecule has 106 valence electrons. The highest BCUT2D eigenvalue weighted by atomic mass is 79.9. The second-order valence-electron chi connectivity index (χ2n) is 4.31. The number of pyridine rings is 1. The zero-order valence-electron chi connectivity index (χ0n) is 10.8. The third kappa shape index (κ3) is 3.13. The average Bonchev–Trinajstić information content (AvgIpc) is 2.37. The van der Waals surface area contributed by atoms with Crippen molar-refractivity contribution in [2.24, 2.45) is 0 Å². The molecule has 0 aliphatic carbocycles. The molecule has 7 heteroatoms. The summed E-state index contributed by atoms with van der Waals surface area (Å²) in [5, 5.41) is -0.0630. The first-order valence-corrected chi connectivity index (χ1v) is 8.37. The van der Waals surface area contributed by atoms with Crippen LogP contribution in [0.5, 0.6) is 0 Å². The Morgan fingerprint density at radius 1 is 1.25 bits per heavy atom. The summed E-state index contributed by atoms with van der Waals surface area (Å²) in [7, 11) is -3.79. The Hall–Kier alpha value is -1.11. The van der Waals surface area contributed by atoms with E-state index < -0.39 is 10.0 Å². The largest absolute Gasteiger partial charge is 0.279 e. The Morgan fingerprint density at radius 2 is 1.85 bits per heavy atom. The van der Waals surface area contributed by atoms with E-state index in [1.54, 1.807) is 0 Å². The summed E-state index contributed by atoms with van der Waals surface area (Å²) >= 11 is 9.07. The number of halogens is 2. The van der Waals surface area contributed by atoms with Crippen molar-refractivity contribution in [1.29, 1.82) is 0 Å². The summed E-state index contributed by atoms with van der Waals surface area (Å²) in [6.07, 6.45) is 1.44. The van der Waals surface area contributed by atoms with Crippen LogP contribution in [0.2, 0.25) is 5.15 Å². The molecule has 2 aromatic rings. The van der Waals surface area contributed by atoms with Gasteiger partial charge in [-0.2, -0.15) is 0 Å². The molecule has 0 fully saturated rings. The molecule has 0 aliphatic heterocycles. The van der Waals surface area contributed by atoms with Gasteiger partial charge in [0.1, 0.15) is 10.0 Å². The van der Waals surface area contributed by atoms with Crippen LogP contribution in [0, 0.1) is 13.8 Å². The van der Waals surface area contributed by atoms with Gasteiger partial charge in [-0.15, -0.1) is 0 Å². The van der Waals surface area contributed by atoms with E-state index >= 15 is 0 Å². The molecule has 1 aromatic heterocycles. The lowest BCUT2D eigenvalue weighted by molar-refractivity contribution is 0.600. The Morgan fingerprint density at radius 3 is 2.45 bits per heavy atom. The highest BCUT2D eigenvalue weighted by Crippen LogP contribution is 2.27. The number of aromatic nitrogens is 1. The normalized spacial score (nSPS) is 11.4. The molecule has 0 radical (unpaired) electrons. The fraction of sp³-hybridized carbons (Fsp3) is 0.154. The van der Waals surface area contributed by atoms with Crippen LogP contribution in [0.3, 0.4) is 0 Å². The number of benzene rings is 1. The van der Waals surface area contributed by atoms with Crippen molar-refractivity contribution in [3.8, 4) is 0 Å². The lowest BCUT2D eigenvalue weighted by Crippen LogP contribution is -2.15. The van der Waals surface area contributed by atoms with E-state index in [-0.39, 0.29) is 10.0 Å². The number of nitrogens with one attached hydrogen (secondary N) is 1. The van der Waals surface area contributed by atoms with Gasteiger partial charge in [0.2, 0.25) is 0 Å². The van der Waals surface area contributed by atoms with Crippen LogP contribution in [0.1, 0.15) is 11.1 Å². The molecule has 1 aromatic carbocycles. The van der Waals surface area contributed by atoms with E-state index in [2.05, 4.69) is 25.6 Å². The number of para-hydroxylation sites is 1. The molecule has 0 amide bonds. The minimum atomic E-state index is -3.79. The first-order valence-electron chi connectivity index (χ1n) is 5.71. The molecule has 4 nitrogen and oxygen atoms in total. The minimum absolute atomic E-state index is 0.0591. The third-order valence-corrected chi connectivity index (χ3v) is 4.99. The highest BCUT2D eigenvalue weighted by molar-refractivity contribution is 9.10. The van der Waals surface area contributed by atoms with Gasteiger partial charge in [0.15, 0.2) is 0 Å². The molecule has 0 bridgehead atoms. The fourth-order valence-corrected chi connectivity index (χ4v) is 3.91. The van der Waals surface area contributed by atoms with Gasteiger partial charge in [0.25, 0.3) is 10.0 Å². The standard InChI is InChI=1S/C13H12BrClN2O2S/c1-8-4-3-5-9(2)12(8)17-20(18,19)11-6-10(14)7-16-13(11)15/h3-7,17H,1-2H3. The fourth-order valence-electron chi connectivity index (χ4n) is 1.76. The maximum Gasteiger partial charge on any atom is 0.265 e. The van der Waals surface area contributed by atoms with E-state index in [1.165, 1.54) is 12.3 Å². The van der Waals surface area contributed by atoms with E-state index in [0.717, 1.165) is 11.1 Å². The molecule has 20 heavy (non-hydrogen) atoms. The van der Waals surface area contributed by atoms with Crippen molar-refractivity contribution < 1.29 is 8.42 Å². The Bertz CT molecular complexity index is 743. The van der Waals surface area contributed by atoms with Crippen molar-refractivity contribution in [3.63, 3.8) is 0 Å². The Balaban J connectivity index is 2.49. The summed E-state index contributed by atoms with van der Waals surface area (Å²) in [5.41, 5.74) is 2.24. The van der Waals surface area contributed by atoms with Gasteiger partial charge in [-0.3, -0.25) is 4.72 Å². The summed E-state index contributed by atoms with van der Waals surface area (Å²) in [4.78, 5) is 3.77. The molecule has 0 spiro atoms. The van der Waals surface area contributed by atoms with Gasteiger partial charge >= 0.3 is 0 Å². The first-order chi connectivity index (χ1) is 9.31. The topological polar surface area (TPSA) is 59.1 Å². The molecular formula is C13H12BrClN2O2S. The number of rotatable bonds is 3.